The van der Waals surface area contributed by atoms with Gasteiger partial charge < -0.3 is 15.5 Å². The Hall–Kier alpha value is -1.88. The summed E-state index contributed by atoms with van der Waals surface area (Å²) in [6, 6.07) is 7.93. The van der Waals surface area contributed by atoms with Crippen molar-refractivity contribution < 1.29 is 14.5 Å². The lowest BCUT2D eigenvalue weighted by molar-refractivity contribution is -0.885. The lowest BCUT2D eigenvalue weighted by Crippen LogP contribution is -3.15. The van der Waals surface area contributed by atoms with E-state index in [0.717, 1.165) is 35.4 Å². The zero-order chi connectivity index (χ0) is 16.1. The van der Waals surface area contributed by atoms with E-state index in [2.05, 4.69) is 17.6 Å². The minimum atomic E-state index is -0.229. The molecule has 5 heteroatoms. The number of nitrogens with one attached hydrogen (secondary N) is 3. The van der Waals surface area contributed by atoms with E-state index in [1.807, 2.05) is 38.2 Å². The maximum absolute atomic E-state index is 12.2. The Bertz CT molecular complexity index is 540. The van der Waals surface area contributed by atoms with E-state index in [0.29, 0.717) is 6.04 Å². The number of hydrogen-bond acceptors (Lipinski definition) is 2. The first-order valence-corrected chi connectivity index (χ1v) is 8.01. The number of hydrogen-bond donors (Lipinski definition) is 3. The van der Waals surface area contributed by atoms with E-state index in [1.54, 1.807) is 0 Å². The fraction of sp³-hybridized carbons (Fsp3) is 0.529. The van der Waals surface area contributed by atoms with Gasteiger partial charge in [0.1, 0.15) is 0 Å². The molecule has 0 bridgehead atoms. The number of carbonyl (C=O) groups excluding carboxylic acids is 2. The van der Waals surface area contributed by atoms with Crippen molar-refractivity contribution in [1.29, 1.82) is 0 Å². The van der Waals surface area contributed by atoms with Gasteiger partial charge in [0.05, 0.1) is 7.05 Å². The molecule has 0 radical (unpaired) electrons. The van der Waals surface area contributed by atoms with Gasteiger partial charge in [-0.2, -0.15) is 0 Å². The van der Waals surface area contributed by atoms with Crippen molar-refractivity contribution >= 4 is 17.5 Å². The highest BCUT2D eigenvalue weighted by Gasteiger charge is 2.29. The van der Waals surface area contributed by atoms with Crippen molar-refractivity contribution in [1.82, 2.24) is 5.32 Å². The van der Waals surface area contributed by atoms with Gasteiger partial charge in [0.15, 0.2) is 12.6 Å². The number of benzene rings is 1. The maximum Gasteiger partial charge on any atom is 0.279 e. The molecule has 1 unspecified atom stereocenters. The molecule has 0 saturated heterocycles. The van der Waals surface area contributed by atoms with E-state index in [1.165, 1.54) is 0 Å². The Labute approximate surface area is 132 Å². The summed E-state index contributed by atoms with van der Waals surface area (Å²) in [5.41, 5.74) is 1.98. The topological polar surface area (TPSA) is 62.6 Å². The molecule has 22 heavy (non-hydrogen) atoms. The lowest BCUT2D eigenvalue weighted by atomic mass is 10.1. The summed E-state index contributed by atoms with van der Waals surface area (Å²) in [6.07, 6.45) is 3.02. The van der Waals surface area contributed by atoms with Gasteiger partial charge in [-0.1, -0.05) is 25.1 Å². The fourth-order valence-corrected chi connectivity index (χ4v) is 2.33. The number of para-hydroxylation sites is 1. The summed E-state index contributed by atoms with van der Waals surface area (Å²) in [7, 11) is 1.88. The quantitative estimate of drug-likeness (QED) is 0.681. The van der Waals surface area contributed by atoms with E-state index >= 15 is 0 Å². The van der Waals surface area contributed by atoms with Crippen molar-refractivity contribution in [2.24, 2.45) is 0 Å². The third kappa shape index (κ3) is 4.56. The second-order valence-corrected chi connectivity index (χ2v) is 6.09. The van der Waals surface area contributed by atoms with Crippen LogP contribution in [0.2, 0.25) is 0 Å². The third-order valence-corrected chi connectivity index (χ3v) is 4.17. The molecule has 0 aromatic heterocycles. The minimum absolute atomic E-state index is 0.0294. The van der Waals surface area contributed by atoms with Crippen LogP contribution in [0.25, 0.3) is 0 Å². The lowest BCUT2D eigenvalue weighted by Gasteiger charge is -2.20. The second-order valence-electron chi connectivity index (χ2n) is 6.09. The van der Waals surface area contributed by atoms with Gasteiger partial charge in [-0.15, -0.1) is 0 Å². The normalized spacial score (nSPS) is 16.7. The van der Waals surface area contributed by atoms with Crippen molar-refractivity contribution in [3.63, 3.8) is 0 Å². The van der Waals surface area contributed by atoms with Crippen LogP contribution in [0.3, 0.4) is 0 Å². The average Bonchev–Trinajstić information content (AvgIpc) is 3.30. The number of carbonyl (C=O) groups is 2. The van der Waals surface area contributed by atoms with E-state index in [9.17, 15) is 9.59 Å². The van der Waals surface area contributed by atoms with Crippen LogP contribution in [0, 0.1) is 0 Å². The van der Waals surface area contributed by atoms with Crippen LogP contribution < -0.4 is 15.5 Å². The first-order chi connectivity index (χ1) is 10.5. The number of likely N-dealkylation sites (N-methyl/N-ethyl adjacent to an activating group) is 1. The standard InChI is InChI=1S/C17H25N3O2/c1-4-13-7-5-6-8-15(13)19-16(21)11-20(3)12(2)17(22)18-14-9-10-14/h5-8,12,14H,4,9-11H2,1-3H3,(H,18,22)(H,19,21)/p+1/t12-/m0/s1. The monoisotopic (exact) mass is 304 g/mol. The Morgan fingerprint density at radius 1 is 1.32 bits per heavy atom. The molecule has 0 aliphatic heterocycles. The van der Waals surface area contributed by atoms with Gasteiger partial charge in [-0.3, -0.25) is 9.59 Å². The minimum Gasteiger partial charge on any atom is -0.348 e. The molecule has 2 amide bonds. The van der Waals surface area contributed by atoms with Gasteiger partial charge in [-0.05, 0) is 37.8 Å². The predicted molar refractivity (Wildman–Crippen MR) is 86.8 cm³/mol. The van der Waals surface area contributed by atoms with Crippen LogP contribution in [0.1, 0.15) is 32.3 Å². The molecule has 2 rings (SSSR count). The fourth-order valence-electron chi connectivity index (χ4n) is 2.33. The average molecular weight is 304 g/mol. The molecule has 0 spiro atoms. The van der Waals surface area contributed by atoms with Gasteiger partial charge in [0.25, 0.3) is 11.8 Å². The Kier molecular flexibility index (Phi) is 5.55. The highest BCUT2D eigenvalue weighted by atomic mass is 16.2. The summed E-state index contributed by atoms with van der Waals surface area (Å²) in [4.78, 5) is 25.1. The van der Waals surface area contributed by atoms with Crippen LogP contribution in [0.5, 0.6) is 0 Å². The van der Waals surface area contributed by atoms with Crippen molar-refractivity contribution in [2.45, 2.75) is 45.2 Å². The molecule has 5 nitrogen and oxygen atoms in total. The second kappa shape index (κ2) is 7.40. The summed E-state index contributed by atoms with van der Waals surface area (Å²) < 4.78 is 0. The van der Waals surface area contributed by atoms with Crippen LogP contribution in [-0.2, 0) is 16.0 Å². The number of quaternary nitrogens is 1. The molecule has 120 valence electrons. The van der Waals surface area contributed by atoms with Crippen LogP contribution in [-0.4, -0.2) is 37.5 Å². The molecule has 1 aromatic carbocycles. The third-order valence-electron chi connectivity index (χ3n) is 4.17. The first-order valence-electron chi connectivity index (χ1n) is 8.01. The molecule has 1 saturated carbocycles. The van der Waals surface area contributed by atoms with Crippen LogP contribution in [0.4, 0.5) is 5.69 Å². The van der Waals surface area contributed by atoms with Gasteiger partial charge in [-0.25, -0.2) is 0 Å². The van der Waals surface area contributed by atoms with Gasteiger partial charge in [0, 0.05) is 11.7 Å². The SMILES string of the molecule is CCc1ccccc1NC(=O)C[NH+](C)[C@@H](C)C(=O)NC1CC1. The van der Waals surface area contributed by atoms with Crippen LogP contribution >= 0.6 is 0 Å². The molecule has 1 aliphatic carbocycles. The molecular formula is C17H26N3O2+. The zero-order valence-corrected chi connectivity index (χ0v) is 13.6. The zero-order valence-electron chi connectivity index (χ0n) is 13.6. The number of rotatable bonds is 7. The highest BCUT2D eigenvalue weighted by Crippen LogP contribution is 2.18. The predicted octanol–water partition coefficient (Wildman–Crippen LogP) is 0.369. The smallest absolute Gasteiger partial charge is 0.279 e. The summed E-state index contributed by atoms with van der Waals surface area (Å²) in [5, 5.41) is 5.93. The van der Waals surface area contributed by atoms with Gasteiger partial charge in [0.2, 0.25) is 0 Å². The van der Waals surface area contributed by atoms with Gasteiger partial charge >= 0.3 is 0 Å². The molecule has 1 aromatic rings. The number of anilines is 1. The maximum atomic E-state index is 12.2. The summed E-state index contributed by atoms with van der Waals surface area (Å²) >= 11 is 0. The first kappa shape index (κ1) is 16.5. The molecular weight excluding hydrogens is 278 g/mol. The molecule has 1 fully saturated rings. The molecule has 2 atom stereocenters. The van der Waals surface area contributed by atoms with E-state index in [-0.39, 0.29) is 24.4 Å². The van der Waals surface area contributed by atoms with Crippen LogP contribution in [0.15, 0.2) is 24.3 Å². The summed E-state index contributed by atoms with van der Waals surface area (Å²) in [5.74, 6) is -0.0359. The Morgan fingerprint density at radius 2 is 2.00 bits per heavy atom. The van der Waals surface area contributed by atoms with E-state index < -0.39 is 0 Å². The summed E-state index contributed by atoms with van der Waals surface area (Å²) in [6.45, 7) is 4.20. The highest BCUT2D eigenvalue weighted by molar-refractivity contribution is 5.92. The molecule has 0 heterocycles. The molecule has 3 N–H and O–H groups in total. The van der Waals surface area contributed by atoms with Crippen molar-refractivity contribution in [3.05, 3.63) is 29.8 Å². The Balaban J connectivity index is 1.86. The molecule has 1 aliphatic rings. The van der Waals surface area contributed by atoms with E-state index in [4.69, 9.17) is 0 Å². The Morgan fingerprint density at radius 3 is 2.64 bits per heavy atom. The largest absolute Gasteiger partial charge is 0.348 e. The van der Waals surface area contributed by atoms with Crippen molar-refractivity contribution in [3.8, 4) is 0 Å². The number of aryl methyl sites for hydroxylation is 1. The van der Waals surface area contributed by atoms with Crippen molar-refractivity contribution in [2.75, 3.05) is 18.9 Å². The number of amides is 2.